The van der Waals surface area contributed by atoms with Crippen molar-refractivity contribution >= 4 is 44.1 Å². The highest BCUT2D eigenvalue weighted by Gasteiger charge is 2.21. The molecule has 0 fully saturated rings. The van der Waals surface area contributed by atoms with E-state index in [1.807, 2.05) is 0 Å². The first-order valence-electron chi connectivity index (χ1n) is 6.10. The summed E-state index contributed by atoms with van der Waals surface area (Å²) in [6, 6.07) is 1.48. The van der Waals surface area contributed by atoms with E-state index in [1.165, 1.54) is 13.0 Å². The summed E-state index contributed by atoms with van der Waals surface area (Å²) in [5.74, 6) is -0.357. The van der Waals surface area contributed by atoms with Gasteiger partial charge in [0.05, 0.1) is 6.54 Å². The van der Waals surface area contributed by atoms with Crippen molar-refractivity contribution in [1.82, 2.24) is 20.1 Å². The second-order valence-corrected chi connectivity index (χ2v) is 7.17. The molecule has 11 nitrogen and oxygen atoms in total. The van der Waals surface area contributed by atoms with Crippen LogP contribution in [0.3, 0.4) is 0 Å². The van der Waals surface area contributed by atoms with Gasteiger partial charge in [0.1, 0.15) is 5.76 Å². The molecule has 2 amide bonds. The monoisotopic (exact) mass is 360 g/mol. The number of nitrogens with zero attached hydrogens (tertiary/aromatic N) is 3. The first-order valence-corrected chi connectivity index (χ1v) is 8.40. The summed E-state index contributed by atoms with van der Waals surface area (Å²) in [6.07, 6.45) is 0. The van der Waals surface area contributed by atoms with Gasteiger partial charge in [-0.15, -0.1) is 10.2 Å². The first-order chi connectivity index (χ1) is 10.8. The summed E-state index contributed by atoms with van der Waals surface area (Å²) in [4.78, 5) is 22.5. The number of nitrogens with one attached hydrogen (secondary N) is 3. The Balaban J connectivity index is 1.94. The Morgan fingerprint density at radius 3 is 2.65 bits per heavy atom. The highest BCUT2D eigenvalue weighted by atomic mass is 32.2. The number of aromatic nitrogens is 3. The van der Waals surface area contributed by atoms with Crippen LogP contribution in [-0.4, -0.2) is 42.1 Å². The Labute approximate surface area is 134 Å². The minimum atomic E-state index is -4.02. The predicted molar refractivity (Wildman–Crippen MR) is 79.3 cm³/mol. The molecule has 3 N–H and O–H groups in total. The smallest absolute Gasteiger partial charge is 0.270 e. The molecule has 2 aromatic rings. The van der Waals surface area contributed by atoms with Gasteiger partial charge >= 0.3 is 0 Å². The van der Waals surface area contributed by atoms with E-state index in [4.69, 9.17) is 4.52 Å². The van der Waals surface area contributed by atoms with E-state index in [0.29, 0.717) is 17.1 Å². The van der Waals surface area contributed by atoms with Crippen LogP contribution in [0.25, 0.3) is 0 Å². The topological polar surface area (TPSA) is 156 Å². The lowest BCUT2D eigenvalue weighted by molar-refractivity contribution is -0.115. The summed E-state index contributed by atoms with van der Waals surface area (Å²) >= 11 is 0.663. The molecule has 0 saturated carbocycles. The van der Waals surface area contributed by atoms with Crippen LogP contribution in [-0.2, 0) is 19.6 Å². The van der Waals surface area contributed by atoms with Crippen molar-refractivity contribution in [2.24, 2.45) is 0 Å². The zero-order valence-electron chi connectivity index (χ0n) is 12.0. The van der Waals surface area contributed by atoms with Crippen LogP contribution in [0.2, 0.25) is 0 Å². The molecule has 2 heterocycles. The Morgan fingerprint density at radius 2 is 2.04 bits per heavy atom. The quantitative estimate of drug-likeness (QED) is 0.593. The summed E-state index contributed by atoms with van der Waals surface area (Å²) in [5.41, 5.74) is 0. The molecule has 0 bridgehead atoms. The molecule has 0 spiro atoms. The average molecular weight is 360 g/mol. The Kier molecular flexibility index (Phi) is 5.02. The fourth-order valence-corrected chi connectivity index (χ4v) is 3.32. The number of carbonyl (C=O) groups excluding carboxylic acids is 2. The number of hydrogen-bond donors (Lipinski definition) is 3. The second kappa shape index (κ2) is 6.80. The molecule has 0 aromatic carbocycles. The molecule has 0 aliphatic rings. The Bertz CT molecular complexity index is 826. The standard InChI is InChI=1S/C10H12N6O5S2/c1-5-3-7(16-21-5)13-8(18)4-11-23(19,20)10-15-14-9(22-10)12-6(2)17/h3,11H,4H2,1-2H3,(H,12,14,17)(H,13,16,18). The van der Waals surface area contributed by atoms with Gasteiger partial charge in [-0.3, -0.25) is 9.59 Å². The lowest BCUT2D eigenvalue weighted by atomic mass is 10.5. The van der Waals surface area contributed by atoms with Crippen LogP contribution < -0.4 is 15.4 Å². The SMILES string of the molecule is CC(=O)Nc1nnc(S(=O)(=O)NCC(=O)Nc2cc(C)on2)s1. The van der Waals surface area contributed by atoms with Gasteiger partial charge < -0.3 is 15.2 Å². The van der Waals surface area contributed by atoms with Crippen molar-refractivity contribution in [2.75, 3.05) is 17.2 Å². The van der Waals surface area contributed by atoms with Gasteiger partial charge in [-0.2, -0.15) is 4.72 Å². The molecule has 0 radical (unpaired) electrons. The molecular formula is C10H12N6O5S2. The van der Waals surface area contributed by atoms with Gasteiger partial charge in [0.2, 0.25) is 21.3 Å². The lowest BCUT2D eigenvalue weighted by Gasteiger charge is -2.03. The van der Waals surface area contributed by atoms with Gasteiger partial charge in [0.25, 0.3) is 10.0 Å². The summed E-state index contributed by atoms with van der Waals surface area (Å²) in [5, 5.41) is 15.2. The van der Waals surface area contributed by atoms with E-state index in [-0.39, 0.29) is 15.3 Å². The average Bonchev–Trinajstić information content (AvgIpc) is 3.06. The van der Waals surface area contributed by atoms with E-state index in [9.17, 15) is 18.0 Å². The van der Waals surface area contributed by atoms with Gasteiger partial charge in [-0.05, 0) is 6.92 Å². The van der Waals surface area contributed by atoms with Gasteiger partial charge in [0.15, 0.2) is 5.82 Å². The predicted octanol–water partition coefficient (Wildman–Crippen LogP) is -0.290. The van der Waals surface area contributed by atoms with E-state index in [0.717, 1.165) is 0 Å². The van der Waals surface area contributed by atoms with E-state index in [1.54, 1.807) is 6.92 Å². The van der Waals surface area contributed by atoms with Gasteiger partial charge in [-0.1, -0.05) is 16.5 Å². The van der Waals surface area contributed by atoms with Crippen LogP contribution >= 0.6 is 11.3 Å². The molecule has 23 heavy (non-hydrogen) atoms. The maximum atomic E-state index is 12.0. The Morgan fingerprint density at radius 1 is 1.30 bits per heavy atom. The highest BCUT2D eigenvalue weighted by Crippen LogP contribution is 2.19. The van der Waals surface area contributed by atoms with Crippen molar-refractivity contribution in [3.05, 3.63) is 11.8 Å². The van der Waals surface area contributed by atoms with Crippen LogP contribution in [0.4, 0.5) is 10.9 Å². The number of rotatable bonds is 6. The molecule has 0 atom stereocenters. The number of hydrogen-bond acceptors (Lipinski definition) is 9. The normalized spacial score (nSPS) is 11.2. The third kappa shape index (κ3) is 4.80. The fraction of sp³-hybridized carbons (Fsp3) is 0.300. The molecule has 2 aromatic heterocycles. The van der Waals surface area contributed by atoms with Crippen molar-refractivity contribution in [3.63, 3.8) is 0 Å². The van der Waals surface area contributed by atoms with Gasteiger partial charge in [0, 0.05) is 13.0 Å². The summed E-state index contributed by atoms with van der Waals surface area (Å²) in [6.45, 7) is 2.38. The maximum absolute atomic E-state index is 12.0. The molecule has 2 rings (SSSR count). The molecular weight excluding hydrogens is 348 g/mol. The fourth-order valence-electron chi connectivity index (χ4n) is 1.35. The molecule has 0 unspecified atom stereocenters. The minimum Gasteiger partial charge on any atom is -0.360 e. The van der Waals surface area contributed by atoms with Gasteiger partial charge in [-0.25, -0.2) is 8.42 Å². The van der Waals surface area contributed by atoms with E-state index < -0.39 is 28.4 Å². The Hall–Kier alpha value is -2.38. The van der Waals surface area contributed by atoms with Crippen molar-refractivity contribution < 1.29 is 22.5 Å². The third-order valence-corrected chi connectivity index (χ3v) is 4.84. The number of anilines is 2. The lowest BCUT2D eigenvalue weighted by Crippen LogP contribution is -2.32. The molecule has 0 saturated heterocycles. The molecule has 0 aliphatic carbocycles. The summed E-state index contributed by atoms with van der Waals surface area (Å²) in [7, 11) is -4.02. The largest absolute Gasteiger partial charge is 0.360 e. The van der Waals surface area contributed by atoms with Crippen molar-refractivity contribution in [3.8, 4) is 0 Å². The highest BCUT2D eigenvalue weighted by molar-refractivity contribution is 7.91. The molecule has 124 valence electrons. The van der Waals surface area contributed by atoms with Crippen LogP contribution in [0.15, 0.2) is 14.9 Å². The van der Waals surface area contributed by atoms with E-state index in [2.05, 4.69) is 30.7 Å². The van der Waals surface area contributed by atoms with Crippen LogP contribution in [0.1, 0.15) is 12.7 Å². The number of sulfonamides is 1. The number of aryl methyl sites for hydroxylation is 1. The first kappa shape index (κ1) is 17.0. The number of amides is 2. The van der Waals surface area contributed by atoms with Crippen LogP contribution in [0, 0.1) is 6.92 Å². The van der Waals surface area contributed by atoms with Crippen molar-refractivity contribution in [2.45, 2.75) is 18.2 Å². The third-order valence-electron chi connectivity index (χ3n) is 2.24. The maximum Gasteiger partial charge on any atom is 0.270 e. The second-order valence-electron chi connectivity index (χ2n) is 4.25. The zero-order valence-corrected chi connectivity index (χ0v) is 13.6. The molecule has 13 heteroatoms. The minimum absolute atomic E-state index is 0.0420. The number of carbonyl (C=O) groups is 2. The van der Waals surface area contributed by atoms with Crippen LogP contribution in [0.5, 0.6) is 0 Å². The molecule has 0 aliphatic heterocycles. The zero-order chi connectivity index (χ0) is 17.0. The van der Waals surface area contributed by atoms with E-state index >= 15 is 0 Å². The van der Waals surface area contributed by atoms with Crippen molar-refractivity contribution in [1.29, 1.82) is 0 Å². The summed E-state index contributed by atoms with van der Waals surface area (Å²) < 4.78 is 30.4.